The highest BCUT2D eigenvalue weighted by molar-refractivity contribution is 7.89. The predicted octanol–water partition coefficient (Wildman–Crippen LogP) is 1.64. The summed E-state index contributed by atoms with van der Waals surface area (Å²) in [5, 5.41) is 2.82. The number of carbonyl (C=O) groups excluding carboxylic acids is 2. The van der Waals surface area contributed by atoms with Crippen molar-refractivity contribution >= 4 is 33.2 Å². The van der Waals surface area contributed by atoms with E-state index in [4.69, 9.17) is 9.47 Å². The van der Waals surface area contributed by atoms with Gasteiger partial charge in [-0.15, -0.1) is 0 Å². The molecule has 2 amide bonds. The number of sulfonamides is 1. The maximum absolute atomic E-state index is 12.9. The maximum atomic E-state index is 12.9. The molecule has 2 aliphatic rings. The quantitative estimate of drug-likeness (QED) is 0.613. The molecule has 188 valence electrons. The summed E-state index contributed by atoms with van der Waals surface area (Å²) in [6.45, 7) is 4.22. The fourth-order valence-corrected chi connectivity index (χ4v) is 5.34. The average Bonchev–Trinajstić information content (AvgIpc) is 2.85. The van der Waals surface area contributed by atoms with E-state index in [1.54, 1.807) is 30.0 Å². The van der Waals surface area contributed by atoms with E-state index in [-0.39, 0.29) is 10.8 Å². The number of benzene rings is 2. The Hall–Kier alpha value is -2.99. The van der Waals surface area contributed by atoms with Gasteiger partial charge in [-0.2, -0.15) is 4.31 Å². The molecule has 35 heavy (non-hydrogen) atoms. The van der Waals surface area contributed by atoms with E-state index in [2.05, 4.69) is 5.32 Å². The van der Waals surface area contributed by atoms with Gasteiger partial charge in [-0.05, 0) is 63.5 Å². The standard InChI is InChI=1S/C24H30N4O6S/c1-17-24(30)28(11-10-26(2)3)21-16-19(6-9-22(21)34-17)25-23(29)18-4-7-20(8-5-18)35(31,32)27-12-14-33-15-13-27/h4-9,16-17H,10-15H2,1-3H3,(H,25,29). The van der Waals surface area contributed by atoms with Crippen molar-refractivity contribution in [1.82, 2.24) is 9.21 Å². The van der Waals surface area contributed by atoms with Crippen LogP contribution in [0.1, 0.15) is 17.3 Å². The molecule has 2 aliphatic heterocycles. The molecule has 2 aromatic carbocycles. The number of hydrogen-bond donors (Lipinski definition) is 1. The Balaban J connectivity index is 1.50. The number of amides is 2. The fraction of sp³-hybridized carbons (Fsp3) is 0.417. The number of fused-ring (bicyclic) bond motifs is 1. The molecule has 0 spiro atoms. The zero-order valence-electron chi connectivity index (χ0n) is 20.1. The van der Waals surface area contributed by atoms with E-state index in [9.17, 15) is 18.0 Å². The maximum Gasteiger partial charge on any atom is 0.267 e. The van der Waals surface area contributed by atoms with Crippen molar-refractivity contribution < 1.29 is 27.5 Å². The van der Waals surface area contributed by atoms with Crippen molar-refractivity contribution in [3.05, 3.63) is 48.0 Å². The van der Waals surface area contributed by atoms with Crippen molar-refractivity contribution in [2.45, 2.75) is 17.9 Å². The predicted molar refractivity (Wildman–Crippen MR) is 131 cm³/mol. The fourth-order valence-electron chi connectivity index (χ4n) is 3.93. The Labute approximate surface area is 205 Å². The highest BCUT2D eigenvalue weighted by Gasteiger charge is 2.32. The van der Waals surface area contributed by atoms with Gasteiger partial charge >= 0.3 is 0 Å². The zero-order chi connectivity index (χ0) is 25.2. The summed E-state index contributed by atoms with van der Waals surface area (Å²) in [5.41, 5.74) is 1.41. The molecule has 0 bridgehead atoms. The Kier molecular flexibility index (Phi) is 7.41. The van der Waals surface area contributed by atoms with Gasteiger partial charge in [0.1, 0.15) is 5.75 Å². The number of rotatable bonds is 7. The molecule has 0 radical (unpaired) electrons. The minimum atomic E-state index is -3.63. The van der Waals surface area contributed by atoms with Gasteiger partial charge in [0.15, 0.2) is 6.10 Å². The molecule has 1 unspecified atom stereocenters. The van der Waals surface area contributed by atoms with Crippen LogP contribution >= 0.6 is 0 Å². The molecule has 1 saturated heterocycles. The summed E-state index contributed by atoms with van der Waals surface area (Å²) in [7, 11) is 0.233. The Morgan fingerprint density at radius 1 is 1.11 bits per heavy atom. The lowest BCUT2D eigenvalue weighted by molar-refractivity contribution is -0.125. The molecule has 10 nitrogen and oxygen atoms in total. The third-order valence-electron chi connectivity index (χ3n) is 5.92. The Morgan fingerprint density at radius 3 is 2.46 bits per heavy atom. The van der Waals surface area contributed by atoms with Crippen LogP contribution in [0.2, 0.25) is 0 Å². The number of likely N-dealkylation sites (N-methyl/N-ethyl adjacent to an activating group) is 1. The van der Waals surface area contributed by atoms with Crippen LogP contribution in [0.25, 0.3) is 0 Å². The van der Waals surface area contributed by atoms with Crippen LogP contribution in [0.5, 0.6) is 5.75 Å². The normalized spacial score (nSPS) is 18.8. The zero-order valence-corrected chi connectivity index (χ0v) is 20.9. The molecular weight excluding hydrogens is 472 g/mol. The minimum absolute atomic E-state index is 0.131. The molecule has 0 saturated carbocycles. The smallest absolute Gasteiger partial charge is 0.267 e. The molecule has 4 rings (SSSR count). The number of hydrogen-bond acceptors (Lipinski definition) is 7. The third kappa shape index (κ3) is 5.48. The molecule has 2 heterocycles. The third-order valence-corrected chi connectivity index (χ3v) is 7.83. The van der Waals surface area contributed by atoms with Crippen LogP contribution in [0.3, 0.4) is 0 Å². The van der Waals surface area contributed by atoms with Crippen molar-refractivity contribution in [3.8, 4) is 5.75 Å². The molecule has 0 aromatic heterocycles. The van der Waals surface area contributed by atoms with Crippen LogP contribution in [0.15, 0.2) is 47.4 Å². The van der Waals surface area contributed by atoms with Crippen LogP contribution in [-0.2, 0) is 19.6 Å². The number of ether oxygens (including phenoxy) is 2. The van der Waals surface area contributed by atoms with E-state index in [1.807, 2.05) is 19.0 Å². The van der Waals surface area contributed by atoms with Crippen LogP contribution in [0.4, 0.5) is 11.4 Å². The van der Waals surface area contributed by atoms with Gasteiger partial charge in [0, 0.05) is 37.4 Å². The monoisotopic (exact) mass is 502 g/mol. The first-order valence-electron chi connectivity index (χ1n) is 11.4. The van der Waals surface area contributed by atoms with Crippen LogP contribution in [-0.4, -0.2) is 89.0 Å². The number of carbonyl (C=O) groups is 2. The topological polar surface area (TPSA) is 108 Å². The van der Waals surface area contributed by atoms with Gasteiger partial charge in [-0.3, -0.25) is 9.59 Å². The highest BCUT2D eigenvalue weighted by Crippen LogP contribution is 2.36. The van der Waals surface area contributed by atoms with Gasteiger partial charge < -0.3 is 24.6 Å². The van der Waals surface area contributed by atoms with E-state index >= 15 is 0 Å². The first-order chi connectivity index (χ1) is 16.7. The second kappa shape index (κ2) is 10.3. The molecule has 0 aliphatic carbocycles. The summed E-state index contributed by atoms with van der Waals surface area (Å²) >= 11 is 0. The summed E-state index contributed by atoms with van der Waals surface area (Å²) in [4.78, 5) is 29.4. The molecule has 11 heteroatoms. The highest BCUT2D eigenvalue weighted by atomic mass is 32.2. The molecule has 2 aromatic rings. The van der Waals surface area contributed by atoms with E-state index in [0.29, 0.717) is 62.1 Å². The van der Waals surface area contributed by atoms with Gasteiger partial charge in [0.25, 0.3) is 11.8 Å². The number of nitrogens with zero attached hydrogens (tertiary/aromatic N) is 3. The number of anilines is 2. The second-order valence-corrected chi connectivity index (χ2v) is 10.7. The second-order valence-electron chi connectivity index (χ2n) is 8.73. The van der Waals surface area contributed by atoms with Gasteiger partial charge in [-0.25, -0.2) is 8.42 Å². The van der Waals surface area contributed by atoms with Gasteiger partial charge in [0.2, 0.25) is 10.0 Å². The lowest BCUT2D eigenvalue weighted by Crippen LogP contribution is -2.46. The lowest BCUT2D eigenvalue weighted by Gasteiger charge is -2.34. The van der Waals surface area contributed by atoms with E-state index in [1.165, 1.54) is 28.6 Å². The van der Waals surface area contributed by atoms with E-state index in [0.717, 1.165) is 0 Å². The lowest BCUT2D eigenvalue weighted by atomic mass is 10.1. The van der Waals surface area contributed by atoms with Gasteiger partial charge in [-0.1, -0.05) is 0 Å². The molecule has 1 atom stereocenters. The van der Waals surface area contributed by atoms with Crippen molar-refractivity contribution in [2.75, 3.05) is 63.7 Å². The molecule has 1 N–H and O–H groups in total. The summed E-state index contributed by atoms with van der Waals surface area (Å²) in [6.07, 6.45) is -0.586. The van der Waals surface area contributed by atoms with Crippen molar-refractivity contribution in [2.24, 2.45) is 0 Å². The Morgan fingerprint density at radius 2 is 1.80 bits per heavy atom. The minimum Gasteiger partial charge on any atom is -0.479 e. The largest absolute Gasteiger partial charge is 0.479 e. The molecule has 1 fully saturated rings. The average molecular weight is 503 g/mol. The first-order valence-corrected chi connectivity index (χ1v) is 12.9. The summed E-state index contributed by atoms with van der Waals surface area (Å²) in [5.74, 6) is 0.0444. The van der Waals surface area contributed by atoms with E-state index < -0.39 is 22.0 Å². The summed E-state index contributed by atoms with van der Waals surface area (Å²) in [6, 6.07) is 11.0. The Bertz CT molecular complexity index is 1190. The SMILES string of the molecule is CC1Oc2ccc(NC(=O)c3ccc(S(=O)(=O)N4CCOCC4)cc3)cc2N(CCN(C)C)C1=O. The number of morpholine rings is 1. The van der Waals surface area contributed by atoms with Crippen molar-refractivity contribution in [1.29, 1.82) is 0 Å². The number of nitrogens with one attached hydrogen (secondary N) is 1. The first kappa shape index (κ1) is 25.1. The summed E-state index contributed by atoms with van der Waals surface area (Å²) < 4.78 is 37.9. The molecular formula is C24H30N4O6S. The van der Waals surface area contributed by atoms with Crippen molar-refractivity contribution in [3.63, 3.8) is 0 Å². The van der Waals surface area contributed by atoms with Crippen LogP contribution in [0, 0.1) is 0 Å². The van der Waals surface area contributed by atoms with Gasteiger partial charge in [0.05, 0.1) is 23.8 Å². The van der Waals surface area contributed by atoms with Crippen LogP contribution < -0.4 is 15.0 Å².